The number of nitrogens with one attached hydrogen (secondary N) is 1. The molecule has 1 aromatic heterocycles. The van der Waals surface area contributed by atoms with E-state index in [0.717, 1.165) is 17.0 Å². The molecule has 0 saturated carbocycles. The van der Waals surface area contributed by atoms with E-state index in [1.807, 2.05) is 13.0 Å². The monoisotopic (exact) mass is 352 g/mol. The lowest BCUT2D eigenvalue weighted by atomic mass is 10.1. The molecule has 25 heavy (non-hydrogen) atoms. The van der Waals surface area contributed by atoms with E-state index in [1.54, 1.807) is 25.3 Å². The van der Waals surface area contributed by atoms with Crippen LogP contribution in [-0.2, 0) is 6.42 Å². The van der Waals surface area contributed by atoms with Gasteiger partial charge in [0.1, 0.15) is 5.75 Å². The lowest BCUT2D eigenvalue weighted by molar-refractivity contribution is 0.102. The standard InChI is InChI=1S/C20H20N2O2S/c1-13-7-9-15(10-8-13)11-18-14(2)21-20(25-18)22-19(23)16-5-4-6-17(12-16)24-3/h4-10,12H,11H2,1-3H3,(H,21,22,23). The van der Waals surface area contributed by atoms with Crippen LogP contribution < -0.4 is 10.1 Å². The van der Waals surface area contributed by atoms with Gasteiger partial charge in [-0.3, -0.25) is 10.1 Å². The summed E-state index contributed by atoms with van der Waals surface area (Å²) < 4.78 is 5.16. The van der Waals surface area contributed by atoms with Gasteiger partial charge in [-0.25, -0.2) is 4.98 Å². The van der Waals surface area contributed by atoms with E-state index in [4.69, 9.17) is 4.74 Å². The Bertz CT molecular complexity index is 885. The largest absolute Gasteiger partial charge is 0.497 e. The van der Waals surface area contributed by atoms with Crippen molar-refractivity contribution < 1.29 is 9.53 Å². The molecule has 3 rings (SSSR count). The predicted molar refractivity (Wildman–Crippen MR) is 102 cm³/mol. The second-order valence-corrected chi connectivity index (χ2v) is 6.96. The van der Waals surface area contributed by atoms with Crippen molar-refractivity contribution in [1.82, 2.24) is 4.98 Å². The van der Waals surface area contributed by atoms with Crippen molar-refractivity contribution in [2.75, 3.05) is 12.4 Å². The summed E-state index contributed by atoms with van der Waals surface area (Å²) in [4.78, 5) is 18.0. The van der Waals surface area contributed by atoms with Crippen LogP contribution in [0, 0.1) is 13.8 Å². The summed E-state index contributed by atoms with van der Waals surface area (Å²) in [6.07, 6.45) is 0.818. The molecule has 128 valence electrons. The molecular weight excluding hydrogens is 332 g/mol. The SMILES string of the molecule is COc1cccc(C(=O)Nc2nc(C)c(Cc3ccc(C)cc3)s2)c1. The molecule has 1 heterocycles. The number of amides is 1. The van der Waals surface area contributed by atoms with Crippen LogP contribution in [-0.4, -0.2) is 18.0 Å². The second-order valence-electron chi connectivity index (χ2n) is 5.88. The van der Waals surface area contributed by atoms with Crippen molar-refractivity contribution in [2.24, 2.45) is 0 Å². The van der Waals surface area contributed by atoms with Crippen molar-refractivity contribution in [3.05, 3.63) is 75.8 Å². The zero-order chi connectivity index (χ0) is 17.8. The van der Waals surface area contributed by atoms with Crippen LogP contribution in [0.1, 0.15) is 32.1 Å². The summed E-state index contributed by atoms with van der Waals surface area (Å²) in [5.74, 6) is 0.470. The molecule has 0 saturated heterocycles. The fraction of sp³-hybridized carbons (Fsp3) is 0.200. The maximum absolute atomic E-state index is 12.4. The van der Waals surface area contributed by atoms with Crippen LogP contribution in [0.15, 0.2) is 48.5 Å². The number of aryl methyl sites for hydroxylation is 2. The molecule has 0 unspecified atom stereocenters. The number of carbonyl (C=O) groups excluding carboxylic acids is 1. The highest BCUT2D eigenvalue weighted by Gasteiger charge is 2.13. The first-order valence-corrected chi connectivity index (χ1v) is 8.84. The number of hydrogen-bond acceptors (Lipinski definition) is 4. The van der Waals surface area contributed by atoms with Crippen LogP contribution in [0.4, 0.5) is 5.13 Å². The summed E-state index contributed by atoms with van der Waals surface area (Å²) in [5, 5.41) is 3.50. The molecule has 0 radical (unpaired) electrons. The number of benzene rings is 2. The van der Waals surface area contributed by atoms with Gasteiger partial charge in [0.25, 0.3) is 5.91 Å². The molecular formula is C20H20N2O2S. The third-order valence-corrected chi connectivity index (χ3v) is 5.00. The van der Waals surface area contributed by atoms with Gasteiger partial charge >= 0.3 is 0 Å². The highest BCUT2D eigenvalue weighted by molar-refractivity contribution is 7.15. The van der Waals surface area contributed by atoms with E-state index in [-0.39, 0.29) is 5.91 Å². The van der Waals surface area contributed by atoms with Crippen molar-refractivity contribution in [1.29, 1.82) is 0 Å². The fourth-order valence-corrected chi connectivity index (χ4v) is 3.46. The Labute approximate surface area is 151 Å². The minimum atomic E-state index is -0.186. The highest BCUT2D eigenvalue weighted by Crippen LogP contribution is 2.26. The first kappa shape index (κ1) is 17.2. The summed E-state index contributed by atoms with van der Waals surface area (Å²) >= 11 is 1.52. The predicted octanol–water partition coefficient (Wildman–Crippen LogP) is 4.61. The Morgan fingerprint density at radius 1 is 1.16 bits per heavy atom. The van der Waals surface area contributed by atoms with Gasteiger partial charge in [0.2, 0.25) is 0 Å². The number of methoxy groups -OCH3 is 1. The van der Waals surface area contributed by atoms with Crippen molar-refractivity contribution in [2.45, 2.75) is 20.3 Å². The lowest BCUT2D eigenvalue weighted by Gasteiger charge is -2.04. The number of anilines is 1. The number of ether oxygens (including phenoxy) is 1. The summed E-state index contributed by atoms with van der Waals surface area (Å²) in [7, 11) is 1.58. The number of aromatic nitrogens is 1. The van der Waals surface area contributed by atoms with Crippen LogP contribution in [0.25, 0.3) is 0 Å². The maximum atomic E-state index is 12.4. The molecule has 1 N–H and O–H groups in total. The van der Waals surface area contributed by atoms with Gasteiger partial charge in [0, 0.05) is 16.9 Å². The van der Waals surface area contributed by atoms with Crippen molar-refractivity contribution in [3.63, 3.8) is 0 Å². The first-order valence-electron chi connectivity index (χ1n) is 8.02. The topological polar surface area (TPSA) is 51.2 Å². The molecule has 0 aliphatic rings. The molecule has 1 amide bonds. The van der Waals surface area contributed by atoms with E-state index in [1.165, 1.54) is 22.5 Å². The Hall–Kier alpha value is -2.66. The van der Waals surface area contributed by atoms with E-state index in [0.29, 0.717) is 16.4 Å². The third-order valence-electron chi connectivity index (χ3n) is 3.93. The average molecular weight is 352 g/mol. The molecule has 3 aromatic rings. The quantitative estimate of drug-likeness (QED) is 0.729. The van der Waals surface area contributed by atoms with E-state index in [2.05, 4.69) is 41.5 Å². The minimum absolute atomic E-state index is 0.186. The number of hydrogen-bond donors (Lipinski definition) is 1. The molecule has 5 heteroatoms. The molecule has 0 atom stereocenters. The molecule has 0 fully saturated rings. The second kappa shape index (κ2) is 7.49. The Morgan fingerprint density at radius 3 is 2.64 bits per heavy atom. The van der Waals surface area contributed by atoms with E-state index >= 15 is 0 Å². The smallest absolute Gasteiger partial charge is 0.257 e. The molecule has 0 aliphatic carbocycles. The first-order chi connectivity index (χ1) is 12.0. The number of thiazole rings is 1. The van der Waals surface area contributed by atoms with Gasteiger partial charge in [0.15, 0.2) is 5.13 Å². The summed E-state index contributed by atoms with van der Waals surface area (Å²) in [6.45, 7) is 4.05. The maximum Gasteiger partial charge on any atom is 0.257 e. The normalized spacial score (nSPS) is 10.5. The number of rotatable bonds is 5. The van der Waals surface area contributed by atoms with Gasteiger partial charge in [-0.15, -0.1) is 11.3 Å². The molecule has 0 aliphatic heterocycles. The van der Waals surface area contributed by atoms with Gasteiger partial charge in [-0.1, -0.05) is 35.9 Å². The van der Waals surface area contributed by atoms with Gasteiger partial charge in [0.05, 0.1) is 12.8 Å². The Morgan fingerprint density at radius 2 is 1.92 bits per heavy atom. The van der Waals surface area contributed by atoms with Crippen LogP contribution in [0.3, 0.4) is 0 Å². The van der Waals surface area contributed by atoms with E-state index < -0.39 is 0 Å². The Balaban J connectivity index is 1.73. The zero-order valence-corrected chi connectivity index (χ0v) is 15.3. The van der Waals surface area contributed by atoms with Gasteiger partial charge < -0.3 is 4.74 Å². The van der Waals surface area contributed by atoms with Crippen molar-refractivity contribution in [3.8, 4) is 5.75 Å². The van der Waals surface area contributed by atoms with Crippen LogP contribution in [0.5, 0.6) is 5.75 Å². The summed E-state index contributed by atoms with van der Waals surface area (Å²) in [5.41, 5.74) is 3.98. The third kappa shape index (κ3) is 4.25. The summed E-state index contributed by atoms with van der Waals surface area (Å²) in [6, 6.07) is 15.5. The van der Waals surface area contributed by atoms with Crippen molar-refractivity contribution >= 4 is 22.4 Å². The fourth-order valence-electron chi connectivity index (χ4n) is 2.47. The van der Waals surface area contributed by atoms with Gasteiger partial charge in [-0.05, 0) is 37.6 Å². The van der Waals surface area contributed by atoms with E-state index in [9.17, 15) is 4.79 Å². The average Bonchev–Trinajstić information content (AvgIpc) is 2.96. The molecule has 4 nitrogen and oxygen atoms in total. The Kier molecular flexibility index (Phi) is 5.14. The molecule has 0 spiro atoms. The number of nitrogens with zero attached hydrogens (tertiary/aromatic N) is 1. The zero-order valence-electron chi connectivity index (χ0n) is 14.5. The lowest BCUT2D eigenvalue weighted by Crippen LogP contribution is -2.11. The van der Waals surface area contributed by atoms with Crippen LogP contribution in [0.2, 0.25) is 0 Å². The van der Waals surface area contributed by atoms with Crippen LogP contribution >= 0.6 is 11.3 Å². The minimum Gasteiger partial charge on any atom is -0.497 e. The van der Waals surface area contributed by atoms with Gasteiger partial charge in [-0.2, -0.15) is 0 Å². The highest BCUT2D eigenvalue weighted by atomic mass is 32.1. The molecule has 0 bridgehead atoms. The number of carbonyl (C=O) groups is 1. The molecule has 2 aromatic carbocycles.